The van der Waals surface area contributed by atoms with E-state index in [4.69, 9.17) is 4.74 Å². The van der Waals surface area contributed by atoms with Gasteiger partial charge in [-0.1, -0.05) is 30.3 Å². The fourth-order valence-electron chi connectivity index (χ4n) is 3.44. The Labute approximate surface area is 156 Å². The summed E-state index contributed by atoms with van der Waals surface area (Å²) >= 11 is 1.76. The molecule has 1 aliphatic heterocycles. The molecule has 6 nitrogen and oxygen atoms in total. The monoisotopic (exact) mass is 371 g/mol. The molecule has 0 unspecified atom stereocenters. The van der Waals surface area contributed by atoms with Crippen molar-refractivity contribution in [3.05, 3.63) is 51.5 Å². The van der Waals surface area contributed by atoms with Gasteiger partial charge in [0.15, 0.2) is 6.10 Å². The zero-order chi connectivity index (χ0) is 17.9. The molecule has 136 valence electrons. The van der Waals surface area contributed by atoms with E-state index in [0.29, 0.717) is 6.54 Å². The molecular formula is C19H21N3O3S. The molecule has 4 rings (SSSR count). The molecule has 0 saturated carbocycles. The summed E-state index contributed by atoms with van der Waals surface area (Å²) in [7, 11) is 0. The van der Waals surface area contributed by atoms with Gasteiger partial charge in [-0.25, -0.2) is 4.98 Å². The maximum Gasteiger partial charge on any atom is 0.251 e. The molecule has 7 heteroatoms. The van der Waals surface area contributed by atoms with Crippen LogP contribution in [-0.4, -0.2) is 36.1 Å². The molecule has 1 saturated heterocycles. The number of nitrogens with one attached hydrogen (secondary N) is 2. The quantitative estimate of drug-likeness (QED) is 0.836. The van der Waals surface area contributed by atoms with E-state index in [1.165, 1.54) is 17.0 Å². The molecular weight excluding hydrogens is 350 g/mol. The largest absolute Gasteiger partial charge is 0.356 e. The number of morpholine rings is 1. The molecule has 26 heavy (non-hydrogen) atoms. The number of thiazole rings is 1. The van der Waals surface area contributed by atoms with Gasteiger partial charge in [-0.2, -0.15) is 0 Å². The number of carbonyl (C=O) groups is 2. The second kappa shape index (κ2) is 7.55. The average molecular weight is 371 g/mol. The summed E-state index contributed by atoms with van der Waals surface area (Å²) in [6.07, 6.45) is 3.41. The average Bonchev–Trinajstić information content (AvgIpc) is 3.24. The SMILES string of the molecule is O=C1CO[C@H](C(=O)NCCc2nc3c(s2)CCC3)[C@@H](c2ccccc2)N1. The Morgan fingerprint density at radius 1 is 1.31 bits per heavy atom. The fourth-order valence-corrected chi connectivity index (χ4v) is 4.60. The lowest BCUT2D eigenvalue weighted by Gasteiger charge is -2.31. The third-order valence-electron chi connectivity index (χ3n) is 4.71. The molecule has 2 amide bonds. The van der Waals surface area contributed by atoms with E-state index >= 15 is 0 Å². The van der Waals surface area contributed by atoms with Crippen LogP contribution in [0.1, 0.15) is 33.6 Å². The normalized spacial score (nSPS) is 21.9. The Balaban J connectivity index is 1.36. The van der Waals surface area contributed by atoms with Crippen molar-refractivity contribution in [2.45, 2.75) is 37.8 Å². The van der Waals surface area contributed by atoms with Crippen LogP contribution >= 0.6 is 11.3 Å². The molecule has 0 bridgehead atoms. The summed E-state index contributed by atoms with van der Waals surface area (Å²) in [4.78, 5) is 30.4. The Morgan fingerprint density at radius 2 is 2.15 bits per heavy atom. The summed E-state index contributed by atoms with van der Waals surface area (Å²) in [5.74, 6) is -0.414. The van der Waals surface area contributed by atoms with Crippen LogP contribution in [0.3, 0.4) is 0 Å². The van der Waals surface area contributed by atoms with Crippen LogP contribution in [0.25, 0.3) is 0 Å². The lowest BCUT2D eigenvalue weighted by Crippen LogP contribution is -2.52. The molecule has 2 aromatic rings. The third-order valence-corrected chi connectivity index (χ3v) is 5.93. The minimum Gasteiger partial charge on any atom is -0.356 e. The molecule has 2 N–H and O–H groups in total. The Bertz CT molecular complexity index is 784. The molecule has 2 aliphatic rings. The number of aryl methyl sites for hydroxylation is 2. The van der Waals surface area contributed by atoms with Gasteiger partial charge >= 0.3 is 0 Å². The van der Waals surface area contributed by atoms with E-state index < -0.39 is 12.1 Å². The van der Waals surface area contributed by atoms with Gasteiger partial charge in [0.1, 0.15) is 6.61 Å². The summed E-state index contributed by atoms with van der Waals surface area (Å²) in [5.41, 5.74) is 2.09. The number of hydrogen-bond acceptors (Lipinski definition) is 5. The van der Waals surface area contributed by atoms with Gasteiger partial charge in [0, 0.05) is 17.8 Å². The summed E-state index contributed by atoms with van der Waals surface area (Å²) in [6.45, 7) is 0.418. The maximum atomic E-state index is 12.6. The van der Waals surface area contributed by atoms with Crippen molar-refractivity contribution < 1.29 is 14.3 Å². The molecule has 2 heterocycles. The second-order valence-corrected chi connectivity index (χ2v) is 7.73. The van der Waals surface area contributed by atoms with Crippen LogP contribution in [0.2, 0.25) is 0 Å². The number of benzene rings is 1. The van der Waals surface area contributed by atoms with Gasteiger partial charge in [-0.05, 0) is 24.8 Å². The topological polar surface area (TPSA) is 80.3 Å². The molecule has 2 atom stereocenters. The van der Waals surface area contributed by atoms with Crippen molar-refractivity contribution in [3.63, 3.8) is 0 Å². The van der Waals surface area contributed by atoms with Crippen molar-refractivity contribution in [2.75, 3.05) is 13.2 Å². The molecule has 0 radical (unpaired) electrons. The first-order valence-corrected chi connectivity index (χ1v) is 9.73. The van der Waals surface area contributed by atoms with Crippen LogP contribution in [-0.2, 0) is 33.6 Å². The summed E-state index contributed by atoms with van der Waals surface area (Å²) < 4.78 is 5.53. The maximum absolute atomic E-state index is 12.6. The zero-order valence-corrected chi connectivity index (χ0v) is 15.2. The summed E-state index contributed by atoms with van der Waals surface area (Å²) in [5, 5.41) is 6.87. The van der Waals surface area contributed by atoms with Crippen molar-refractivity contribution in [2.24, 2.45) is 0 Å². The van der Waals surface area contributed by atoms with Crippen LogP contribution in [0.5, 0.6) is 0 Å². The molecule has 1 aromatic carbocycles. The summed E-state index contributed by atoms with van der Waals surface area (Å²) in [6, 6.07) is 8.96. The van der Waals surface area contributed by atoms with Crippen molar-refractivity contribution in [1.29, 1.82) is 0 Å². The van der Waals surface area contributed by atoms with Crippen molar-refractivity contribution in [3.8, 4) is 0 Å². The van der Waals surface area contributed by atoms with E-state index in [9.17, 15) is 9.59 Å². The predicted octanol–water partition coefficient (Wildman–Crippen LogP) is 1.55. The van der Waals surface area contributed by atoms with E-state index in [1.54, 1.807) is 11.3 Å². The van der Waals surface area contributed by atoms with E-state index in [1.807, 2.05) is 30.3 Å². The van der Waals surface area contributed by atoms with Crippen LogP contribution in [0.4, 0.5) is 0 Å². The number of rotatable bonds is 5. The molecule has 1 aliphatic carbocycles. The van der Waals surface area contributed by atoms with Crippen molar-refractivity contribution in [1.82, 2.24) is 15.6 Å². The standard InChI is InChI=1S/C19H21N3O3S/c23-15-11-25-18(17(22-15)12-5-2-1-3-6-12)19(24)20-10-9-16-21-13-7-4-8-14(13)26-16/h1-3,5-6,17-18H,4,7-11H2,(H,20,24)(H,22,23)/t17-,18+/m1/s1. The molecule has 1 aromatic heterocycles. The fraction of sp³-hybridized carbons (Fsp3) is 0.421. The minimum atomic E-state index is -0.726. The number of fused-ring (bicyclic) bond motifs is 1. The second-order valence-electron chi connectivity index (χ2n) is 6.56. The Morgan fingerprint density at radius 3 is 2.96 bits per heavy atom. The number of carbonyl (C=O) groups excluding carboxylic acids is 2. The van der Waals surface area contributed by atoms with Gasteiger partial charge in [-0.3, -0.25) is 9.59 Å². The van der Waals surface area contributed by atoms with E-state index in [0.717, 1.165) is 29.8 Å². The highest BCUT2D eigenvalue weighted by atomic mass is 32.1. The lowest BCUT2D eigenvalue weighted by atomic mass is 9.99. The number of hydrogen-bond donors (Lipinski definition) is 2. The van der Waals surface area contributed by atoms with Gasteiger partial charge in [0.2, 0.25) is 5.91 Å². The van der Waals surface area contributed by atoms with Gasteiger partial charge < -0.3 is 15.4 Å². The number of aromatic nitrogens is 1. The lowest BCUT2D eigenvalue weighted by molar-refractivity contribution is -0.148. The van der Waals surface area contributed by atoms with Gasteiger partial charge in [0.05, 0.1) is 16.7 Å². The smallest absolute Gasteiger partial charge is 0.251 e. The van der Waals surface area contributed by atoms with E-state index in [-0.39, 0.29) is 18.4 Å². The van der Waals surface area contributed by atoms with E-state index in [2.05, 4.69) is 15.6 Å². The number of amides is 2. The Kier molecular flexibility index (Phi) is 4.99. The van der Waals surface area contributed by atoms with Gasteiger partial charge in [-0.15, -0.1) is 11.3 Å². The van der Waals surface area contributed by atoms with Crippen LogP contribution in [0, 0.1) is 0 Å². The van der Waals surface area contributed by atoms with Crippen molar-refractivity contribution >= 4 is 23.2 Å². The minimum absolute atomic E-state index is 0.0966. The highest BCUT2D eigenvalue weighted by molar-refractivity contribution is 7.11. The highest BCUT2D eigenvalue weighted by Gasteiger charge is 2.35. The third kappa shape index (κ3) is 3.64. The number of nitrogens with zero attached hydrogens (tertiary/aromatic N) is 1. The molecule has 1 fully saturated rings. The van der Waals surface area contributed by atoms with Crippen LogP contribution < -0.4 is 10.6 Å². The van der Waals surface area contributed by atoms with Crippen LogP contribution in [0.15, 0.2) is 30.3 Å². The highest BCUT2D eigenvalue weighted by Crippen LogP contribution is 2.27. The first-order chi connectivity index (χ1) is 12.7. The first kappa shape index (κ1) is 17.2. The predicted molar refractivity (Wildman–Crippen MR) is 97.9 cm³/mol. The van der Waals surface area contributed by atoms with Gasteiger partial charge in [0.25, 0.3) is 5.91 Å². The first-order valence-electron chi connectivity index (χ1n) is 8.92. The zero-order valence-electron chi connectivity index (χ0n) is 14.4. The Hall–Kier alpha value is -2.25. The number of ether oxygens (including phenoxy) is 1. The molecule has 0 spiro atoms.